The van der Waals surface area contributed by atoms with Gasteiger partial charge < -0.3 is 14.8 Å². The lowest BCUT2D eigenvalue weighted by molar-refractivity contribution is -0.122. The monoisotopic (exact) mass is 404 g/mol. The van der Waals surface area contributed by atoms with Crippen molar-refractivity contribution in [1.82, 2.24) is 20.3 Å². The van der Waals surface area contributed by atoms with E-state index in [1.54, 1.807) is 37.3 Å². The molecule has 1 heterocycles. The number of rotatable bonds is 7. The summed E-state index contributed by atoms with van der Waals surface area (Å²) in [6, 6.07) is 10.4. The molecule has 0 aliphatic heterocycles. The zero-order valence-corrected chi connectivity index (χ0v) is 15.6. The van der Waals surface area contributed by atoms with Gasteiger partial charge in [0.25, 0.3) is 5.56 Å². The van der Waals surface area contributed by atoms with Crippen LogP contribution in [0.2, 0.25) is 0 Å². The first-order chi connectivity index (χ1) is 13.9. The molecule has 29 heavy (non-hydrogen) atoms. The highest BCUT2D eigenvalue weighted by molar-refractivity contribution is 5.84. The molecule has 0 aliphatic rings. The Bertz CT molecular complexity index is 1070. The maximum Gasteiger partial charge on any atom is 0.387 e. The first-order valence-electron chi connectivity index (χ1n) is 8.63. The van der Waals surface area contributed by atoms with Gasteiger partial charge in [0, 0.05) is 0 Å². The smallest absolute Gasteiger partial charge is 0.387 e. The number of methoxy groups -OCH3 is 1. The molecule has 0 bridgehead atoms. The van der Waals surface area contributed by atoms with Gasteiger partial charge in [-0.1, -0.05) is 23.4 Å². The van der Waals surface area contributed by atoms with Crippen LogP contribution in [0.5, 0.6) is 11.5 Å². The zero-order chi connectivity index (χ0) is 21.0. The fraction of sp³-hybridized carbons (Fsp3) is 0.263. The lowest BCUT2D eigenvalue weighted by Crippen LogP contribution is -2.35. The molecule has 0 saturated heterocycles. The average molecular weight is 404 g/mol. The molecule has 1 amide bonds. The van der Waals surface area contributed by atoms with Crippen molar-refractivity contribution in [3.63, 3.8) is 0 Å². The molecular formula is C19H18F2N4O4. The van der Waals surface area contributed by atoms with Crippen molar-refractivity contribution in [2.24, 2.45) is 0 Å². The van der Waals surface area contributed by atoms with Crippen LogP contribution in [0.3, 0.4) is 0 Å². The van der Waals surface area contributed by atoms with Gasteiger partial charge in [-0.25, -0.2) is 4.68 Å². The van der Waals surface area contributed by atoms with E-state index < -0.39 is 24.1 Å². The van der Waals surface area contributed by atoms with Crippen molar-refractivity contribution in [3.8, 4) is 11.5 Å². The normalized spacial score (nSPS) is 12.0. The van der Waals surface area contributed by atoms with E-state index in [-0.39, 0.29) is 17.7 Å². The van der Waals surface area contributed by atoms with Crippen molar-refractivity contribution in [2.75, 3.05) is 7.11 Å². The van der Waals surface area contributed by atoms with Gasteiger partial charge in [0.15, 0.2) is 0 Å². The number of carbonyl (C=O) groups excluding carboxylic acids is 1. The second kappa shape index (κ2) is 8.63. The van der Waals surface area contributed by atoms with Gasteiger partial charge in [-0.3, -0.25) is 9.59 Å². The Balaban J connectivity index is 1.72. The molecule has 0 radical (unpaired) electrons. The Morgan fingerprint density at radius 3 is 2.59 bits per heavy atom. The van der Waals surface area contributed by atoms with Gasteiger partial charge in [-0.15, -0.1) is 5.10 Å². The van der Waals surface area contributed by atoms with Crippen molar-refractivity contribution >= 4 is 16.8 Å². The van der Waals surface area contributed by atoms with E-state index in [9.17, 15) is 18.4 Å². The van der Waals surface area contributed by atoms with Crippen LogP contribution in [0.15, 0.2) is 47.3 Å². The summed E-state index contributed by atoms with van der Waals surface area (Å²) >= 11 is 0. The predicted molar refractivity (Wildman–Crippen MR) is 100.0 cm³/mol. The quantitative estimate of drug-likeness (QED) is 0.649. The molecule has 3 aromatic rings. The Labute approximate surface area is 164 Å². The topological polar surface area (TPSA) is 95.3 Å². The minimum atomic E-state index is -2.90. The summed E-state index contributed by atoms with van der Waals surface area (Å²) in [4.78, 5) is 25.0. The number of nitrogens with one attached hydrogen (secondary N) is 1. The van der Waals surface area contributed by atoms with Crippen LogP contribution in [-0.4, -0.2) is 34.6 Å². The van der Waals surface area contributed by atoms with Gasteiger partial charge in [0.1, 0.15) is 28.9 Å². The number of halogens is 2. The summed E-state index contributed by atoms with van der Waals surface area (Å²) < 4.78 is 34.8. The largest absolute Gasteiger partial charge is 0.496 e. The predicted octanol–water partition coefficient (Wildman–Crippen LogP) is 2.28. The van der Waals surface area contributed by atoms with Crippen LogP contribution in [-0.2, 0) is 11.3 Å². The van der Waals surface area contributed by atoms with Crippen LogP contribution >= 0.6 is 0 Å². The van der Waals surface area contributed by atoms with Gasteiger partial charge >= 0.3 is 6.61 Å². The molecule has 0 spiro atoms. The summed E-state index contributed by atoms with van der Waals surface area (Å²) in [5.74, 6) is -0.0960. The Morgan fingerprint density at radius 1 is 1.21 bits per heavy atom. The molecular weight excluding hydrogens is 386 g/mol. The molecule has 3 rings (SSSR count). The number of amides is 1. The van der Waals surface area contributed by atoms with Gasteiger partial charge in [-0.2, -0.15) is 8.78 Å². The average Bonchev–Trinajstić information content (AvgIpc) is 2.69. The molecule has 8 nitrogen and oxygen atoms in total. The van der Waals surface area contributed by atoms with E-state index in [1.807, 2.05) is 0 Å². The number of hydrogen-bond donors (Lipinski definition) is 1. The van der Waals surface area contributed by atoms with Crippen molar-refractivity contribution in [2.45, 2.75) is 26.1 Å². The van der Waals surface area contributed by atoms with E-state index in [2.05, 4.69) is 20.4 Å². The molecule has 1 aromatic heterocycles. The highest BCUT2D eigenvalue weighted by Crippen LogP contribution is 2.20. The van der Waals surface area contributed by atoms with E-state index >= 15 is 0 Å². The Kier molecular flexibility index (Phi) is 6.01. The number of aromatic nitrogens is 3. The molecule has 0 saturated carbocycles. The second-order valence-corrected chi connectivity index (χ2v) is 6.14. The molecule has 10 heteroatoms. The maximum absolute atomic E-state index is 12.7. The molecule has 1 N–H and O–H groups in total. The van der Waals surface area contributed by atoms with Gasteiger partial charge in [-0.05, 0) is 36.8 Å². The lowest BCUT2D eigenvalue weighted by atomic mass is 10.1. The second-order valence-electron chi connectivity index (χ2n) is 6.14. The van der Waals surface area contributed by atoms with Crippen LogP contribution < -0.4 is 20.3 Å². The van der Waals surface area contributed by atoms with Crippen LogP contribution in [0.25, 0.3) is 10.9 Å². The zero-order valence-electron chi connectivity index (χ0n) is 15.6. The molecule has 1 unspecified atom stereocenters. The first kappa shape index (κ1) is 20.2. The summed E-state index contributed by atoms with van der Waals surface area (Å²) in [5, 5.41) is 10.7. The third kappa shape index (κ3) is 4.65. The van der Waals surface area contributed by atoms with Crippen molar-refractivity contribution < 1.29 is 23.0 Å². The summed E-state index contributed by atoms with van der Waals surface area (Å²) in [5.41, 5.74) is 0.549. The molecule has 152 valence electrons. The van der Waals surface area contributed by atoms with E-state index in [1.165, 1.54) is 19.2 Å². The van der Waals surface area contributed by atoms with E-state index in [0.717, 1.165) is 4.68 Å². The summed E-state index contributed by atoms with van der Waals surface area (Å²) in [6.45, 7) is -1.52. The van der Waals surface area contributed by atoms with Crippen molar-refractivity contribution in [1.29, 1.82) is 0 Å². The number of ether oxygens (including phenoxy) is 2. The molecule has 0 fully saturated rings. The fourth-order valence-electron chi connectivity index (χ4n) is 2.81. The highest BCUT2D eigenvalue weighted by atomic mass is 19.3. The fourth-order valence-corrected chi connectivity index (χ4v) is 2.81. The first-order valence-corrected chi connectivity index (χ1v) is 8.63. The van der Waals surface area contributed by atoms with E-state index in [4.69, 9.17) is 4.74 Å². The Hall–Kier alpha value is -3.56. The standard InChI is InChI=1S/C19H18F2N4O4/c1-11(12-6-8-13(9-7-12)29-19(20)21)22-16(26)10-25-18(27)17-14(23-24-25)4-3-5-15(17)28-2/h3-9,11,19H,10H2,1-2H3,(H,22,26). The minimum Gasteiger partial charge on any atom is -0.496 e. The molecule has 1 atom stereocenters. The van der Waals surface area contributed by atoms with Crippen molar-refractivity contribution in [3.05, 3.63) is 58.4 Å². The number of carbonyl (C=O) groups is 1. The number of hydrogen-bond acceptors (Lipinski definition) is 6. The van der Waals surface area contributed by atoms with Gasteiger partial charge in [0.05, 0.1) is 13.2 Å². The highest BCUT2D eigenvalue weighted by Gasteiger charge is 2.15. The van der Waals surface area contributed by atoms with E-state index in [0.29, 0.717) is 16.8 Å². The lowest BCUT2D eigenvalue weighted by Gasteiger charge is -2.15. The number of benzene rings is 2. The maximum atomic E-state index is 12.7. The summed E-state index contributed by atoms with van der Waals surface area (Å²) in [7, 11) is 1.44. The van der Waals surface area contributed by atoms with Crippen LogP contribution in [0.4, 0.5) is 8.78 Å². The van der Waals surface area contributed by atoms with Crippen LogP contribution in [0, 0.1) is 0 Å². The van der Waals surface area contributed by atoms with Crippen LogP contribution in [0.1, 0.15) is 18.5 Å². The third-order valence-electron chi connectivity index (χ3n) is 4.21. The van der Waals surface area contributed by atoms with Gasteiger partial charge in [0.2, 0.25) is 5.91 Å². The summed E-state index contributed by atoms with van der Waals surface area (Å²) in [6.07, 6.45) is 0. The third-order valence-corrected chi connectivity index (χ3v) is 4.21. The molecule has 2 aromatic carbocycles. The minimum absolute atomic E-state index is 0.0224. The molecule has 0 aliphatic carbocycles. The number of nitrogens with zero attached hydrogens (tertiary/aromatic N) is 3. The Morgan fingerprint density at radius 2 is 1.93 bits per heavy atom. The SMILES string of the molecule is COc1cccc2nnn(CC(=O)NC(C)c3ccc(OC(F)F)cc3)c(=O)c12. The number of alkyl halides is 2. The number of fused-ring (bicyclic) bond motifs is 1.